The Morgan fingerprint density at radius 2 is 1.68 bits per heavy atom. The van der Waals surface area contributed by atoms with E-state index in [1.54, 1.807) is 0 Å². The second-order valence-electron chi connectivity index (χ2n) is 5.80. The second-order valence-corrected chi connectivity index (χ2v) is 7.22. The molecular formula is C17H20O4S. The van der Waals surface area contributed by atoms with Gasteiger partial charge < -0.3 is 5.11 Å². The van der Waals surface area contributed by atoms with E-state index in [0.717, 1.165) is 5.56 Å². The van der Waals surface area contributed by atoms with Gasteiger partial charge in [-0.25, -0.2) is 0 Å². The zero-order valence-electron chi connectivity index (χ0n) is 12.9. The Kier molecular flexibility index (Phi) is 4.31. The van der Waals surface area contributed by atoms with Gasteiger partial charge in [0.25, 0.3) is 10.1 Å². The average molecular weight is 320 g/mol. The topological polar surface area (TPSA) is 74.6 Å². The van der Waals surface area contributed by atoms with E-state index in [2.05, 4.69) is 0 Å². The summed E-state index contributed by atoms with van der Waals surface area (Å²) < 4.78 is 32.4. The molecule has 0 atom stereocenters. The van der Waals surface area contributed by atoms with Crippen molar-refractivity contribution in [1.82, 2.24) is 0 Å². The number of hydrogen-bond acceptors (Lipinski definition) is 3. The van der Waals surface area contributed by atoms with Crippen LogP contribution >= 0.6 is 0 Å². The summed E-state index contributed by atoms with van der Waals surface area (Å²) in [6, 6.07) is 12.2. The summed E-state index contributed by atoms with van der Waals surface area (Å²) in [6.07, 6.45) is 0.465. The van der Waals surface area contributed by atoms with E-state index in [-0.39, 0.29) is 10.6 Å². The predicted octanol–water partition coefficient (Wildman–Crippen LogP) is 3.53. The Labute approximate surface area is 131 Å². The lowest BCUT2D eigenvalue weighted by molar-refractivity contribution is 0.444. The third-order valence-corrected chi connectivity index (χ3v) is 4.84. The molecule has 0 amide bonds. The minimum absolute atomic E-state index is 0.0729. The summed E-state index contributed by atoms with van der Waals surface area (Å²) in [5, 5.41) is 10.5. The Morgan fingerprint density at radius 1 is 1.09 bits per heavy atom. The number of rotatable bonds is 4. The zero-order valence-corrected chi connectivity index (χ0v) is 13.7. The molecule has 0 unspecified atom stereocenters. The summed E-state index contributed by atoms with van der Waals surface area (Å²) in [5.74, 6) is 0.0729. The van der Waals surface area contributed by atoms with Crippen LogP contribution in [0.3, 0.4) is 0 Å². The highest BCUT2D eigenvalue weighted by Gasteiger charge is 2.29. The number of phenolic OH excluding ortho intramolecular Hbond substituents is 1. The first-order valence-corrected chi connectivity index (χ1v) is 8.51. The molecule has 2 N–H and O–H groups in total. The van der Waals surface area contributed by atoms with E-state index >= 15 is 0 Å². The maximum atomic E-state index is 11.5. The standard InChI is InChI=1S/C17H20O4S/c1-4-12-10-14(22(19,20)21)11-15(16(12)18)17(2,3)13-8-6-5-7-9-13/h5-11,18H,4H2,1-3H3,(H,19,20,21). The summed E-state index contributed by atoms with van der Waals surface area (Å²) in [6.45, 7) is 5.64. The van der Waals surface area contributed by atoms with E-state index in [1.807, 2.05) is 51.1 Å². The van der Waals surface area contributed by atoms with E-state index < -0.39 is 15.5 Å². The van der Waals surface area contributed by atoms with Crippen LogP contribution in [0.5, 0.6) is 5.75 Å². The molecule has 0 aromatic heterocycles. The van der Waals surface area contributed by atoms with Crippen molar-refractivity contribution in [2.45, 2.75) is 37.5 Å². The van der Waals surface area contributed by atoms with Gasteiger partial charge in [-0.2, -0.15) is 8.42 Å². The molecule has 5 heteroatoms. The fourth-order valence-electron chi connectivity index (χ4n) is 2.57. The molecule has 2 rings (SSSR count). The molecule has 0 bridgehead atoms. The van der Waals surface area contributed by atoms with Crippen LogP contribution in [-0.4, -0.2) is 18.1 Å². The van der Waals surface area contributed by atoms with E-state index in [4.69, 9.17) is 0 Å². The smallest absolute Gasteiger partial charge is 0.294 e. The highest BCUT2D eigenvalue weighted by atomic mass is 32.2. The fourth-order valence-corrected chi connectivity index (χ4v) is 3.13. The van der Waals surface area contributed by atoms with Gasteiger partial charge in [0.15, 0.2) is 0 Å². The maximum absolute atomic E-state index is 11.5. The largest absolute Gasteiger partial charge is 0.507 e. The lowest BCUT2D eigenvalue weighted by Gasteiger charge is -2.28. The molecule has 0 aliphatic rings. The Morgan fingerprint density at radius 3 is 2.18 bits per heavy atom. The summed E-state index contributed by atoms with van der Waals surface area (Å²) >= 11 is 0. The summed E-state index contributed by atoms with van der Waals surface area (Å²) in [7, 11) is -4.33. The van der Waals surface area contributed by atoms with Crippen molar-refractivity contribution in [3.05, 3.63) is 59.2 Å². The lowest BCUT2D eigenvalue weighted by Crippen LogP contribution is -2.20. The summed E-state index contributed by atoms with van der Waals surface area (Å²) in [4.78, 5) is -0.193. The molecule has 2 aromatic rings. The van der Waals surface area contributed by atoms with Gasteiger partial charge in [0, 0.05) is 11.0 Å². The maximum Gasteiger partial charge on any atom is 0.294 e. The highest BCUT2D eigenvalue weighted by molar-refractivity contribution is 7.85. The number of benzene rings is 2. The fraction of sp³-hybridized carbons (Fsp3) is 0.294. The molecule has 2 aromatic carbocycles. The first-order chi connectivity index (χ1) is 10.2. The SMILES string of the molecule is CCc1cc(S(=O)(=O)O)cc(C(C)(C)c2ccccc2)c1O. The van der Waals surface area contributed by atoms with Crippen LogP contribution in [0.25, 0.3) is 0 Å². The molecular weight excluding hydrogens is 300 g/mol. The molecule has 22 heavy (non-hydrogen) atoms. The Hall–Kier alpha value is -1.85. The first-order valence-electron chi connectivity index (χ1n) is 7.07. The lowest BCUT2D eigenvalue weighted by atomic mass is 9.77. The van der Waals surface area contributed by atoms with Crippen LogP contribution in [0.2, 0.25) is 0 Å². The van der Waals surface area contributed by atoms with Crippen LogP contribution in [0, 0.1) is 0 Å². The number of aryl methyl sites for hydroxylation is 1. The molecule has 0 saturated carbocycles. The Balaban J connectivity index is 2.74. The van der Waals surface area contributed by atoms with Gasteiger partial charge in [-0.1, -0.05) is 51.1 Å². The summed E-state index contributed by atoms with van der Waals surface area (Å²) in [5.41, 5.74) is 1.32. The number of phenols is 1. The van der Waals surface area contributed by atoms with E-state index in [9.17, 15) is 18.1 Å². The number of hydrogen-bond donors (Lipinski definition) is 2. The second kappa shape index (κ2) is 5.74. The van der Waals surface area contributed by atoms with Crippen molar-refractivity contribution in [2.75, 3.05) is 0 Å². The van der Waals surface area contributed by atoms with Gasteiger partial charge in [0.1, 0.15) is 5.75 Å². The molecule has 118 valence electrons. The van der Waals surface area contributed by atoms with Crippen LogP contribution < -0.4 is 0 Å². The predicted molar refractivity (Wildman–Crippen MR) is 85.9 cm³/mol. The van der Waals surface area contributed by atoms with Gasteiger partial charge in [0.05, 0.1) is 4.90 Å². The molecule has 0 spiro atoms. The van der Waals surface area contributed by atoms with Gasteiger partial charge in [-0.3, -0.25) is 4.55 Å². The van der Waals surface area contributed by atoms with Crippen LogP contribution in [0.15, 0.2) is 47.4 Å². The van der Waals surface area contributed by atoms with Crippen molar-refractivity contribution >= 4 is 10.1 Å². The molecule has 4 nitrogen and oxygen atoms in total. The van der Waals surface area contributed by atoms with Gasteiger partial charge in [-0.05, 0) is 29.7 Å². The highest BCUT2D eigenvalue weighted by Crippen LogP contribution is 2.40. The minimum atomic E-state index is -4.33. The average Bonchev–Trinajstić information content (AvgIpc) is 2.47. The first kappa shape index (κ1) is 16.5. The quantitative estimate of drug-likeness (QED) is 0.845. The molecule has 0 radical (unpaired) electrons. The van der Waals surface area contributed by atoms with Crippen LogP contribution in [-0.2, 0) is 22.0 Å². The van der Waals surface area contributed by atoms with Crippen molar-refractivity contribution in [3.63, 3.8) is 0 Å². The molecule has 0 fully saturated rings. The van der Waals surface area contributed by atoms with Gasteiger partial charge in [0.2, 0.25) is 0 Å². The van der Waals surface area contributed by atoms with Gasteiger partial charge >= 0.3 is 0 Å². The van der Waals surface area contributed by atoms with Gasteiger partial charge in [-0.15, -0.1) is 0 Å². The third kappa shape index (κ3) is 3.00. The zero-order chi connectivity index (χ0) is 16.5. The van der Waals surface area contributed by atoms with Crippen molar-refractivity contribution in [1.29, 1.82) is 0 Å². The van der Waals surface area contributed by atoms with Crippen molar-refractivity contribution in [2.24, 2.45) is 0 Å². The molecule has 0 saturated heterocycles. The normalized spacial score (nSPS) is 12.4. The third-order valence-electron chi connectivity index (χ3n) is 4.01. The minimum Gasteiger partial charge on any atom is -0.507 e. The van der Waals surface area contributed by atoms with Crippen molar-refractivity contribution < 1.29 is 18.1 Å². The molecule has 0 aliphatic carbocycles. The molecule has 0 aliphatic heterocycles. The van der Waals surface area contributed by atoms with E-state index in [1.165, 1.54) is 12.1 Å². The Bertz CT molecular complexity index is 778. The van der Waals surface area contributed by atoms with Crippen molar-refractivity contribution in [3.8, 4) is 5.75 Å². The molecule has 0 heterocycles. The van der Waals surface area contributed by atoms with Crippen LogP contribution in [0.4, 0.5) is 0 Å². The van der Waals surface area contributed by atoms with E-state index in [0.29, 0.717) is 17.5 Å². The van der Waals surface area contributed by atoms with Crippen LogP contribution in [0.1, 0.15) is 37.5 Å². The monoisotopic (exact) mass is 320 g/mol. The number of aromatic hydroxyl groups is 1.